The molecule has 1 aromatic heterocycles. The van der Waals surface area contributed by atoms with Crippen LogP contribution in [-0.4, -0.2) is 16.5 Å². The lowest BCUT2D eigenvalue weighted by atomic mass is 9.98. The molecule has 0 aliphatic heterocycles. The quantitative estimate of drug-likeness (QED) is 0.940. The number of nitrogens with zero attached hydrogens (tertiary/aromatic N) is 2. The van der Waals surface area contributed by atoms with Crippen molar-refractivity contribution >= 4 is 15.9 Å². The van der Waals surface area contributed by atoms with Gasteiger partial charge in [-0.3, -0.25) is 0 Å². The van der Waals surface area contributed by atoms with Crippen LogP contribution in [0.5, 0.6) is 0 Å². The van der Waals surface area contributed by atoms with Crippen LogP contribution in [-0.2, 0) is 0 Å². The summed E-state index contributed by atoms with van der Waals surface area (Å²) in [5.74, 6) is 1.06. The van der Waals surface area contributed by atoms with Gasteiger partial charge in [-0.25, -0.2) is 9.97 Å². The number of aromatic nitrogens is 2. The molecule has 0 saturated carbocycles. The van der Waals surface area contributed by atoms with E-state index in [1.165, 1.54) is 5.56 Å². The molecule has 0 aliphatic rings. The largest absolute Gasteiger partial charge is 0.330 e. The van der Waals surface area contributed by atoms with Crippen LogP contribution in [0.15, 0.2) is 28.7 Å². The molecule has 1 heterocycles. The highest BCUT2D eigenvalue weighted by Gasteiger charge is 2.14. The molecule has 0 bridgehead atoms. The molecule has 100 valence electrons. The van der Waals surface area contributed by atoms with Crippen LogP contribution in [0.1, 0.15) is 29.8 Å². The van der Waals surface area contributed by atoms with Crippen molar-refractivity contribution in [3.05, 3.63) is 45.7 Å². The molecule has 0 radical (unpaired) electrons. The minimum atomic E-state index is 0.291. The fraction of sp³-hybridized carbons (Fsp3) is 0.333. The van der Waals surface area contributed by atoms with Gasteiger partial charge >= 0.3 is 0 Å². The number of benzene rings is 1. The highest BCUT2D eigenvalue weighted by atomic mass is 79.9. The molecular weight excluding hydrogens is 302 g/mol. The van der Waals surface area contributed by atoms with Gasteiger partial charge in [0.1, 0.15) is 0 Å². The summed E-state index contributed by atoms with van der Waals surface area (Å²) in [5, 5.41) is 0. The fourth-order valence-corrected chi connectivity index (χ4v) is 2.55. The van der Waals surface area contributed by atoms with Gasteiger partial charge in [0.05, 0.1) is 0 Å². The number of aryl methyl sites for hydroxylation is 2. The molecule has 3 nitrogen and oxygen atoms in total. The normalized spacial score (nSPS) is 12.5. The van der Waals surface area contributed by atoms with E-state index >= 15 is 0 Å². The zero-order chi connectivity index (χ0) is 14.0. The molecule has 19 heavy (non-hydrogen) atoms. The number of halogens is 1. The Morgan fingerprint density at radius 2 is 1.63 bits per heavy atom. The Balaban J connectivity index is 2.48. The molecule has 1 aromatic carbocycles. The van der Waals surface area contributed by atoms with Crippen LogP contribution < -0.4 is 5.73 Å². The van der Waals surface area contributed by atoms with Crippen LogP contribution in [0.3, 0.4) is 0 Å². The van der Waals surface area contributed by atoms with E-state index in [1.54, 1.807) is 0 Å². The summed E-state index contributed by atoms with van der Waals surface area (Å²) < 4.78 is 1.05. The topological polar surface area (TPSA) is 51.8 Å². The Labute approximate surface area is 122 Å². The van der Waals surface area contributed by atoms with Crippen molar-refractivity contribution in [1.29, 1.82) is 0 Å². The minimum absolute atomic E-state index is 0.291. The Bertz CT molecular complexity index is 555. The van der Waals surface area contributed by atoms with Crippen LogP contribution >= 0.6 is 15.9 Å². The molecule has 0 saturated heterocycles. The molecule has 0 spiro atoms. The molecule has 4 heteroatoms. The van der Waals surface area contributed by atoms with Gasteiger partial charge in [0.2, 0.25) is 0 Å². The van der Waals surface area contributed by atoms with Crippen LogP contribution in [0, 0.1) is 13.8 Å². The Morgan fingerprint density at radius 3 is 2.11 bits per heavy atom. The third-order valence-corrected chi connectivity index (χ3v) is 3.80. The lowest BCUT2D eigenvalue weighted by Crippen LogP contribution is -2.14. The van der Waals surface area contributed by atoms with Crippen molar-refractivity contribution in [3.63, 3.8) is 0 Å². The molecule has 2 N–H and O–H groups in total. The zero-order valence-corrected chi connectivity index (χ0v) is 13.0. The van der Waals surface area contributed by atoms with Gasteiger partial charge in [-0.1, -0.05) is 35.0 Å². The molecule has 0 aliphatic carbocycles. The highest BCUT2D eigenvalue weighted by molar-refractivity contribution is 9.10. The predicted octanol–water partition coefficient (Wildman–Crippen LogP) is 3.59. The van der Waals surface area contributed by atoms with Crippen molar-refractivity contribution in [3.8, 4) is 11.4 Å². The summed E-state index contributed by atoms with van der Waals surface area (Å²) >= 11 is 3.43. The van der Waals surface area contributed by atoms with E-state index in [9.17, 15) is 0 Å². The van der Waals surface area contributed by atoms with E-state index in [1.807, 2.05) is 38.1 Å². The standard InChI is InChI=1S/C15H18BrN3/c1-9(8-17)14-10(2)18-15(19-11(14)3)12-4-6-13(16)7-5-12/h4-7,9H,8,17H2,1-3H3. The molecule has 1 unspecified atom stereocenters. The number of hydrogen-bond acceptors (Lipinski definition) is 3. The van der Waals surface area contributed by atoms with Gasteiger partial charge in [-0.15, -0.1) is 0 Å². The van der Waals surface area contributed by atoms with Gasteiger partial charge in [-0.05, 0) is 44.0 Å². The summed E-state index contributed by atoms with van der Waals surface area (Å²) in [4.78, 5) is 9.24. The maximum Gasteiger partial charge on any atom is 0.159 e. The van der Waals surface area contributed by atoms with Crippen molar-refractivity contribution in [2.45, 2.75) is 26.7 Å². The van der Waals surface area contributed by atoms with Gasteiger partial charge in [0.25, 0.3) is 0 Å². The molecule has 2 rings (SSSR count). The van der Waals surface area contributed by atoms with E-state index in [0.29, 0.717) is 12.5 Å². The average molecular weight is 320 g/mol. The maximum absolute atomic E-state index is 5.75. The average Bonchev–Trinajstić information content (AvgIpc) is 2.38. The minimum Gasteiger partial charge on any atom is -0.330 e. The van der Waals surface area contributed by atoms with Crippen LogP contribution in [0.2, 0.25) is 0 Å². The monoisotopic (exact) mass is 319 g/mol. The van der Waals surface area contributed by atoms with E-state index in [0.717, 1.165) is 27.2 Å². The molecule has 0 amide bonds. The molecular formula is C15H18BrN3. The maximum atomic E-state index is 5.75. The van der Waals surface area contributed by atoms with Crippen LogP contribution in [0.4, 0.5) is 0 Å². The first kappa shape index (κ1) is 14.2. The van der Waals surface area contributed by atoms with Crippen molar-refractivity contribution in [1.82, 2.24) is 9.97 Å². The third-order valence-electron chi connectivity index (χ3n) is 3.28. The predicted molar refractivity (Wildman–Crippen MR) is 82.1 cm³/mol. The van der Waals surface area contributed by atoms with Gasteiger partial charge in [0.15, 0.2) is 5.82 Å². The van der Waals surface area contributed by atoms with Crippen molar-refractivity contribution in [2.75, 3.05) is 6.54 Å². The number of hydrogen-bond donors (Lipinski definition) is 1. The summed E-state index contributed by atoms with van der Waals surface area (Å²) in [6, 6.07) is 8.04. The van der Waals surface area contributed by atoms with Crippen LogP contribution in [0.25, 0.3) is 11.4 Å². The molecule has 0 fully saturated rings. The zero-order valence-electron chi connectivity index (χ0n) is 11.4. The van der Waals surface area contributed by atoms with E-state index in [4.69, 9.17) is 5.73 Å². The van der Waals surface area contributed by atoms with E-state index in [-0.39, 0.29) is 0 Å². The third kappa shape index (κ3) is 3.01. The second kappa shape index (κ2) is 5.80. The number of nitrogens with two attached hydrogens (primary N) is 1. The van der Waals surface area contributed by atoms with Gasteiger partial charge < -0.3 is 5.73 Å². The highest BCUT2D eigenvalue weighted by Crippen LogP contribution is 2.24. The lowest BCUT2D eigenvalue weighted by Gasteiger charge is -2.15. The second-order valence-corrected chi connectivity index (χ2v) is 5.69. The smallest absolute Gasteiger partial charge is 0.159 e. The van der Waals surface area contributed by atoms with Crippen molar-refractivity contribution in [2.24, 2.45) is 5.73 Å². The SMILES string of the molecule is Cc1nc(-c2ccc(Br)cc2)nc(C)c1C(C)CN. The van der Waals surface area contributed by atoms with E-state index in [2.05, 4.69) is 32.8 Å². The summed E-state index contributed by atoms with van der Waals surface area (Å²) in [5.41, 5.74) is 9.98. The molecule has 1 atom stereocenters. The van der Waals surface area contributed by atoms with E-state index < -0.39 is 0 Å². The fourth-order valence-electron chi connectivity index (χ4n) is 2.28. The van der Waals surface area contributed by atoms with Gasteiger partial charge in [0, 0.05) is 21.4 Å². The Morgan fingerprint density at radius 1 is 1.11 bits per heavy atom. The van der Waals surface area contributed by atoms with Gasteiger partial charge in [-0.2, -0.15) is 0 Å². The lowest BCUT2D eigenvalue weighted by molar-refractivity contribution is 0.744. The van der Waals surface area contributed by atoms with Crippen molar-refractivity contribution < 1.29 is 0 Å². The first-order valence-electron chi connectivity index (χ1n) is 6.34. The Hall–Kier alpha value is -1.26. The first-order valence-corrected chi connectivity index (χ1v) is 7.13. The summed E-state index contributed by atoms with van der Waals surface area (Å²) in [6.45, 7) is 6.78. The molecule has 2 aromatic rings. The summed E-state index contributed by atoms with van der Waals surface area (Å²) in [6.07, 6.45) is 0. The first-order chi connectivity index (χ1) is 9.02. The second-order valence-electron chi connectivity index (χ2n) is 4.78. The summed E-state index contributed by atoms with van der Waals surface area (Å²) in [7, 11) is 0. The number of rotatable bonds is 3. The Kier molecular flexibility index (Phi) is 4.32.